The van der Waals surface area contributed by atoms with Gasteiger partial charge in [-0.05, 0) is 55.7 Å². The van der Waals surface area contributed by atoms with Gasteiger partial charge in [0.1, 0.15) is 23.6 Å². The Labute approximate surface area is 171 Å². The fourth-order valence-corrected chi connectivity index (χ4v) is 5.24. The molecule has 4 nitrogen and oxygen atoms in total. The van der Waals surface area contributed by atoms with Crippen LogP contribution >= 0.6 is 11.9 Å². The van der Waals surface area contributed by atoms with Crippen molar-refractivity contribution in [3.63, 3.8) is 0 Å². The molecule has 0 radical (unpaired) electrons. The van der Waals surface area contributed by atoms with Crippen LogP contribution in [0.4, 0.5) is 10.1 Å². The van der Waals surface area contributed by atoms with Crippen molar-refractivity contribution in [1.29, 1.82) is 0 Å². The van der Waals surface area contributed by atoms with Gasteiger partial charge in [-0.3, -0.25) is 9.59 Å². The van der Waals surface area contributed by atoms with Crippen molar-refractivity contribution in [3.8, 4) is 0 Å². The SMILES string of the molecule is CCCSN(C)c1ccc(CCC2(C3CCCC3)CC(=O)CC(=O)O2)cc1F. The number of Topliss-reactive ketones (excluding diaryl/α,β-unsaturated/α-hetero) is 1. The van der Waals surface area contributed by atoms with Gasteiger partial charge >= 0.3 is 5.97 Å². The number of halogens is 1. The molecular weight excluding hydrogens is 377 g/mol. The molecule has 1 saturated heterocycles. The maximum atomic E-state index is 14.6. The van der Waals surface area contributed by atoms with Crippen LogP contribution < -0.4 is 4.31 Å². The van der Waals surface area contributed by atoms with E-state index in [2.05, 4.69) is 6.92 Å². The lowest BCUT2D eigenvalue weighted by Gasteiger charge is -2.41. The van der Waals surface area contributed by atoms with E-state index in [1.165, 1.54) is 0 Å². The van der Waals surface area contributed by atoms with Gasteiger partial charge in [0.05, 0.1) is 5.69 Å². The van der Waals surface area contributed by atoms with Gasteiger partial charge in [-0.2, -0.15) is 0 Å². The van der Waals surface area contributed by atoms with E-state index in [9.17, 15) is 14.0 Å². The molecule has 2 fully saturated rings. The van der Waals surface area contributed by atoms with Crippen LogP contribution in [0.15, 0.2) is 18.2 Å². The highest BCUT2D eigenvalue weighted by Gasteiger charge is 2.47. The number of ketones is 1. The second-order valence-electron chi connectivity index (χ2n) is 8.03. The molecule has 1 aromatic carbocycles. The molecule has 6 heteroatoms. The minimum Gasteiger partial charge on any atom is -0.458 e. The summed E-state index contributed by atoms with van der Waals surface area (Å²) in [5.41, 5.74) is 0.750. The number of carbonyl (C=O) groups excluding carboxylic acids is 2. The van der Waals surface area contributed by atoms with E-state index in [0.29, 0.717) is 24.9 Å². The number of hydrogen-bond donors (Lipinski definition) is 0. The van der Waals surface area contributed by atoms with Crippen LogP contribution in [0, 0.1) is 11.7 Å². The Morgan fingerprint density at radius 2 is 2.04 bits per heavy atom. The Bertz CT molecular complexity index is 702. The second-order valence-corrected chi connectivity index (χ2v) is 9.24. The van der Waals surface area contributed by atoms with Gasteiger partial charge in [-0.15, -0.1) is 0 Å². The molecule has 1 unspecified atom stereocenters. The van der Waals surface area contributed by atoms with E-state index >= 15 is 0 Å². The summed E-state index contributed by atoms with van der Waals surface area (Å²) in [6.45, 7) is 2.10. The quantitative estimate of drug-likeness (QED) is 0.341. The zero-order valence-electron chi connectivity index (χ0n) is 16.8. The van der Waals surface area contributed by atoms with Gasteiger partial charge in [-0.1, -0.05) is 37.8 Å². The Hall–Kier alpha value is -1.56. The average Bonchev–Trinajstić information content (AvgIpc) is 3.19. The maximum absolute atomic E-state index is 14.6. The summed E-state index contributed by atoms with van der Waals surface area (Å²) in [4.78, 5) is 24.2. The maximum Gasteiger partial charge on any atom is 0.313 e. The molecule has 1 heterocycles. The highest BCUT2D eigenvalue weighted by atomic mass is 32.2. The van der Waals surface area contributed by atoms with Crippen LogP contribution in [0.3, 0.4) is 0 Å². The van der Waals surface area contributed by atoms with Crippen LogP contribution in [0.25, 0.3) is 0 Å². The normalized spacial score (nSPS) is 23.1. The number of hydrogen-bond acceptors (Lipinski definition) is 5. The first kappa shape index (κ1) is 21.2. The number of ether oxygens (including phenoxy) is 1. The molecule has 1 aliphatic heterocycles. The summed E-state index contributed by atoms with van der Waals surface area (Å²) in [7, 11) is 1.88. The fourth-order valence-electron chi connectivity index (χ4n) is 4.49. The largest absolute Gasteiger partial charge is 0.458 e. The molecule has 2 aliphatic rings. The molecule has 1 aromatic rings. The predicted octanol–water partition coefficient (Wildman–Crippen LogP) is 5.09. The number of rotatable bonds is 8. The highest BCUT2D eigenvalue weighted by molar-refractivity contribution is 8.00. The lowest BCUT2D eigenvalue weighted by molar-refractivity contribution is -0.178. The third kappa shape index (κ3) is 4.88. The predicted molar refractivity (Wildman–Crippen MR) is 111 cm³/mol. The molecule has 0 bridgehead atoms. The van der Waals surface area contributed by atoms with Crippen molar-refractivity contribution < 1.29 is 18.7 Å². The van der Waals surface area contributed by atoms with E-state index in [1.54, 1.807) is 18.0 Å². The topological polar surface area (TPSA) is 46.6 Å². The molecule has 0 N–H and O–H groups in total. The summed E-state index contributed by atoms with van der Waals surface area (Å²) in [5.74, 6) is 0.510. The smallest absolute Gasteiger partial charge is 0.313 e. The van der Waals surface area contributed by atoms with E-state index in [1.807, 2.05) is 23.5 Å². The van der Waals surface area contributed by atoms with Crippen molar-refractivity contribution >= 4 is 29.4 Å². The molecule has 0 amide bonds. The molecule has 1 saturated carbocycles. The first-order chi connectivity index (χ1) is 13.4. The summed E-state index contributed by atoms with van der Waals surface area (Å²) >= 11 is 1.60. The van der Waals surface area contributed by atoms with Gasteiger partial charge in [0.15, 0.2) is 0 Å². The van der Waals surface area contributed by atoms with Crippen LogP contribution in [-0.2, 0) is 20.7 Å². The van der Waals surface area contributed by atoms with Gasteiger partial charge in [0.2, 0.25) is 0 Å². The summed E-state index contributed by atoms with van der Waals surface area (Å²) in [5, 5.41) is 0. The van der Waals surface area contributed by atoms with Crippen molar-refractivity contribution in [1.82, 2.24) is 0 Å². The summed E-state index contributed by atoms with van der Waals surface area (Å²) < 4.78 is 22.3. The summed E-state index contributed by atoms with van der Waals surface area (Å²) in [6.07, 6.45) is 6.62. The van der Waals surface area contributed by atoms with Crippen LogP contribution in [0.2, 0.25) is 0 Å². The van der Waals surface area contributed by atoms with Crippen LogP contribution in [0.1, 0.15) is 63.9 Å². The van der Waals surface area contributed by atoms with Crippen LogP contribution in [0.5, 0.6) is 0 Å². The molecular formula is C22H30FNO3S. The Balaban J connectivity index is 1.72. The zero-order valence-corrected chi connectivity index (χ0v) is 17.7. The monoisotopic (exact) mass is 407 g/mol. The summed E-state index contributed by atoms with van der Waals surface area (Å²) in [6, 6.07) is 5.33. The lowest BCUT2D eigenvalue weighted by atomic mass is 9.76. The molecule has 1 atom stereocenters. The van der Waals surface area contributed by atoms with Crippen molar-refractivity contribution in [2.24, 2.45) is 5.92 Å². The number of aryl methyl sites for hydroxylation is 1. The number of nitrogens with zero attached hydrogens (tertiary/aromatic N) is 1. The third-order valence-corrected chi connectivity index (χ3v) is 7.11. The van der Waals surface area contributed by atoms with Crippen molar-refractivity contribution in [2.75, 3.05) is 17.1 Å². The molecule has 0 aromatic heterocycles. The van der Waals surface area contributed by atoms with Gasteiger partial charge in [0, 0.05) is 19.2 Å². The first-order valence-electron chi connectivity index (χ1n) is 10.3. The Morgan fingerprint density at radius 3 is 2.68 bits per heavy atom. The Morgan fingerprint density at radius 1 is 1.29 bits per heavy atom. The number of carbonyl (C=O) groups is 2. The number of benzene rings is 1. The minimum absolute atomic E-state index is 0.0285. The lowest BCUT2D eigenvalue weighted by Crippen LogP contribution is -2.48. The van der Waals surface area contributed by atoms with Gasteiger partial charge in [0.25, 0.3) is 0 Å². The fraction of sp³-hybridized carbons (Fsp3) is 0.636. The zero-order chi connectivity index (χ0) is 20.1. The number of anilines is 1. The number of esters is 1. The molecule has 28 heavy (non-hydrogen) atoms. The van der Waals surface area contributed by atoms with E-state index in [4.69, 9.17) is 4.74 Å². The molecule has 1 aliphatic carbocycles. The van der Waals surface area contributed by atoms with Gasteiger partial charge in [-0.25, -0.2) is 4.39 Å². The average molecular weight is 408 g/mol. The van der Waals surface area contributed by atoms with E-state index in [-0.39, 0.29) is 23.9 Å². The standard InChI is InChI=1S/C22H30FNO3S/c1-3-12-28-24(2)20-9-8-16(13-19(20)23)10-11-22(17-6-4-5-7-17)15-18(25)14-21(26)27-22/h8-9,13,17H,3-7,10-12,14-15H2,1-2H3. The minimum atomic E-state index is -0.703. The second kappa shape index (κ2) is 9.29. The number of cyclic esters (lactones) is 1. The van der Waals surface area contributed by atoms with E-state index < -0.39 is 11.6 Å². The van der Waals surface area contributed by atoms with Crippen LogP contribution in [-0.4, -0.2) is 30.2 Å². The van der Waals surface area contributed by atoms with E-state index in [0.717, 1.165) is 43.4 Å². The molecule has 0 spiro atoms. The highest BCUT2D eigenvalue weighted by Crippen LogP contribution is 2.44. The Kier molecular flexibility index (Phi) is 7.02. The molecule has 3 rings (SSSR count). The van der Waals surface area contributed by atoms with Gasteiger partial charge < -0.3 is 9.04 Å². The molecule has 154 valence electrons. The first-order valence-corrected chi connectivity index (χ1v) is 11.3. The van der Waals surface area contributed by atoms with Crippen molar-refractivity contribution in [3.05, 3.63) is 29.6 Å². The third-order valence-electron chi connectivity index (χ3n) is 5.93. The van der Waals surface area contributed by atoms with Crippen molar-refractivity contribution in [2.45, 2.75) is 70.3 Å².